The monoisotopic (exact) mass is 405 g/mol. The van der Waals surface area contributed by atoms with Crippen LogP contribution in [0.5, 0.6) is 0 Å². The highest BCUT2D eigenvalue weighted by atomic mass is 19.1. The molecule has 0 aliphatic heterocycles. The Morgan fingerprint density at radius 1 is 1.10 bits per heavy atom. The first-order chi connectivity index (χ1) is 14.6. The zero-order valence-corrected chi connectivity index (χ0v) is 16.5. The molecule has 3 N–H and O–H groups in total. The standard InChI is InChI=1S/C21H20FN7O/c1-3-12-5-6-13(9-24-12)28-16-8-7-14(19(22)29-16)18(30)15-10-25-21-17(15)20(23-4-2)26-11-27-21/h5-11H,3-4H2,1-2H3,(H,28,29)(H2,23,25,26,27). The second-order valence-corrected chi connectivity index (χ2v) is 6.56. The minimum atomic E-state index is -0.862. The Morgan fingerprint density at radius 2 is 1.97 bits per heavy atom. The molecule has 4 heterocycles. The van der Waals surface area contributed by atoms with Gasteiger partial charge < -0.3 is 15.6 Å². The fraction of sp³-hybridized carbons (Fsp3) is 0.190. The summed E-state index contributed by atoms with van der Waals surface area (Å²) in [6, 6.07) is 6.70. The van der Waals surface area contributed by atoms with Crippen molar-refractivity contribution in [1.29, 1.82) is 0 Å². The average molecular weight is 405 g/mol. The van der Waals surface area contributed by atoms with E-state index in [0.29, 0.717) is 29.1 Å². The van der Waals surface area contributed by atoms with Crippen molar-refractivity contribution in [2.24, 2.45) is 0 Å². The van der Waals surface area contributed by atoms with Gasteiger partial charge in [0.25, 0.3) is 0 Å². The number of ketones is 1. The van der Waals surface area contributed by atoms with Crippen LogP contribution in [0, 0.1) is 5.95 Å². The number of anilines is 3. The van der Waals surface area contributed by atoms with Gasteiger partial charge in [0, 0.05) is 18.4 Å². The summed E-state index contributed by atoms with van der Waals surface area (Å²) in [5, 5.41) is 6.61. The lowest BCUT2D eigenvalue weighted by Gasteiger charge is -2.08. The fourth-order valence-electron chi connectivity index (χ4n) is 3.12. The van der Waals surface area contributed by atoms with E-state index in [1.54, 1.807) is 12.3 Å². The molecule has 0 saturated heterocycles. The SMILES string of the molecule is CCNc1ncnc2[nH]cc(C(=O)c3ccc(Nc4ccc(CC)nc4)nc3F)c12. The molecule has 4 rings (SSSR count). The summed E-state index contributed by atoms with van der Waals surface area (Å²) in [6.45, 7) is 4.56. The first-order valence-electron chi connectivity index (χ1n) is 9.59. The number of aromatic amines is 1. The van der Waals surface area contributed by atoms with E-state index in [9.17, 15) is 9.18 Å². The van der Waals surface area contributed by atoms with Crippen molar-refractivity contribution in [2.45, 2.75) is 20.3 Å². The number of aryl methyl sites for hydroxylation is 1. The van der Waals surface area contributed by atoms with Gasteiger partial charge in [0.2, 0.25) is 5.95 Å². The first kappa shape index (κ1) is 19.4. The molecule has 0 fully saturated rings. The van der Waals surface area contributed by atoms with Crippen LogP contribution in [0.15, 0.2) is 43.0 Å². The number of fused-ring (bicyclic) bond motifs is 1. The number of aromatic nitrogens is 5. The third-order valence-corrected chi connectivity index (χ3v) is 4.61. The van der Waals surface area contributed by atoms with E-state index >= 15 is 0 Å². The molecule has 4 aromatic rings. The molecule has 4 aromatic heterocycles. The summed E-state index contributed by atoms with van der Waals surface area (Å²) in [5.41, 5.74) is 2.29. The van der Waals surface area contributed by atoms with Crippen LogP contribution in [0.2, 0.25) is 0 Å². The second kappa shape index (κ2) is 8.24. The molecule has 0 spiro atoms. The quantitative estimate of drug-likeness (QED) is 0.316. The molecule has 0 atom stereocenters. The molecular weight excluding hydrogens is 385 g/mol. The third kappa shape index (κ3) is 3.69. The smallest absolute Gasteiger partial charge is 0.226 e. The van der Waals surface area contributed by atoms with Crippen LogP contribution >= 0.6 is 0 Å². The number of hydrogen-bond donors (Lipinski definition) is 3. The summed E-state index contributed by atoms with van der Waals surface area (Å²) >= 11 is 0. The van der Waals surface area contributed by atoms with Gasteiger partial charge in [0.05, 0.1) is 28.4 Å². The van der Waals surface area contributed by atoms with Gasteiger partial charge in [-0.1, -0.05) is 6.92 Å². The summed E-state index contributed by atoms with van der Waals surface area (Å²) in [5.74, 6) is -0.562. The zero-order valence-electron chi connectivity index (χ0n) is 16.5. The van der Waals surface area contributed by atoms with E-state index in [-0.39, 0.29) is 16.9 Å². The van der Waals surface area contributed by atoms with Crippen LogP contribution in [0.25, 0.3) is 11.0 Å². The van der Waals surface area contributed by atoms with Crippen molar-refractivity contribution in [3.8, 4) is 0 Å². The van der Waals surface area contributed by atoms with Crippen molar-refractivity contribution in [2.75, 3.05) is 17.2 Å². The van der Waals surface area contributed by atoms with Gasteiger partial charge in [0.1, 0.15) is 23.6 Å². The highest BCUT2D eigenvalue weighted by molar-refractivity contribution is 6.18. The topological polar surface area (TPSA) is 108 Å². The molecule has 0 aliphatic carbocycles. The molecule has 0 saturated carbocycles. The Morgan fingerprint density at radius 3 is 2.67 bits per heavy atom. The largest absolute Gasteiger partial charge is 0.370 e. The van der Waals surface area contributed by atoms with Crippen molar-refractivity contribution in [3.05, 3.63) is 65.8 Å². The molecule has 0 bridgehead atoms. The number of pyridine rings is 2. The van der Waals surface area contributed by atoms with Gasteiger partial charge in [-0.3, -0.25) is 9.78 Å². The molecule has 152 valence electrons. The number of carbonyl (C=O) groups excluding carboxylic acids is 1. The van der Waals surface area contributed by atoms with E-state index in [4.69, 9.17) is 0 Å². The number of rotatable bonds is 7. The lowest BCUT2D eigenvalue weighted by atomic mass is 10.0. The van der Waals surface area contributed by atoms with E-state index in [2.05, 4.69) is 35.6 Å². The summed E-state index contributed by atoms with van der Waals surface area (Å²) in [4.78, 5) is 32.5. The maximum Gasteiger partial charge on any atom is 0.226 e. The number of carbonyl (C=O) groups is 1. The van der Waals surface area contributed by atoms with Crippen LogP contribution in [0.3, 0.4) is 0 Å². The molecular formula is C21H20FN7O. The summed E-state index contributed by atoms with van der Waals surface area (Å²) in [6.07, 6.45) is 5.40. The molecule has 0 aromatic carbocycles. The minimum Gasteiger partial charge on any atom is -0.370 e. The van der Waals surface area contributed by atoms with E-state index in [0.717, 1.165) is 12.1 Å². The van der Waals surface area contributed by atoms with E-state index < -0.39 is 11.7 Å². The molecule has 30 heavy (non-hydrogen) atoms. The molecule has 9 heteroatoms. The molecule has 0 unspecified atom stereocenters. The number of hydrogen-bond acceptors (Lipinski definition) is 7. The van der Waals surface area contributed by atoms with Crippen LogP contribution in [-0.2, 0) is 6.42 Å². The Kier molecular flexibility index (Phi) is 5.34. The molecule has 8 nitrogen and oxygen atoms in total. The Hall–Kier alpha value is -3.88. The van der Waals surface area contributed by atoms with Gasteiger partial charge in [0.15, 0.2) is 5.78 Å². The Bertz CT molecular complexity index is 1200. The van der Waals surface area contributed by atoms with Gasteiger partial charge >= 0.3 is 0 Å². The lowest BCUT2D eigenvalue weighted by Crippen LogP contribution is -2.08. The third-order valence-electron chi connectivity index (χ3n) is 4.61. The van der Waals surface area contributed by atoms with Crippen molar-refractivity contribution >= 4 is 34.1 Å². The second-order valence-electron chi connectivity index (χ2n) is 6.56. The summed E-state index contributed by atoms with van der Waals surface area (Å²) < 4.78 is 14.7. The fourth-order valence-corrected chi connectivity index (χ4v) is 3.12. The lowest BCUT2D eigenvalue weighted by molar-refractivity contribution is 0.103. The van der Waals surface area contributed by atoms with E-state index in [1.807, 2.05) is 26.0 Å². The van der Waals surface area contributed by atoms with Gasteiger partial charge in [-0.25, -0.2) is 15.0 Å². The average Bonchev–Trinajstić information content (AvgIpc) is 3.19. The van der Waals surface area contributed by atoms with Crippen molar-refractivity contribution in [3.63, 3.8) is 0 Å². The van der Waals surface area contributed by atoms with Crippen LogP contribution in [-0.4, -0.2) is 37.2 Å². The van der Waals surface area contributed by atoms with Gasteiger partial charge in [-0.2, -0.15) is 4.39 Å². The number of halogens is 1. The maximum atomic E-state index is 14.7. The molecule has 0 radical (unpaired) electrons. The highest BCUT2D eigenvalue weighted by Gasteiger charge is 2.22. The normalized spacial score (nSPS) is 10.9. The van der Waals surface area contributed by atoms with Crippen molar-refractivity contribution in [1.82, 2.24) is 24.9 Å². The molecule has 0 amide bonds. The number of nitrogens with one attached hydrogen (secondary N) is 3. The van der Waals surface area contributed by atoms with Gasteiger partial charge in [-0.05, 0) is 37.6 Å². The summed E-state index contributed by atoms with van der Waals surface area (Å²) in [7, 11) is 0. The number of nitrogens with zero attached hydrogens (tertiary/aromatic N) is 4. The van der Waals surface area contributed by atoms with E-state index in [1.165, 1.54) is 18.6 Å². The zero-order chi connectivity index (χ0) is 21.1. The Balaban J connectivity index is 1.63. The van der Waals surface area contributed by atoms with Crippen LogP contribution in [0.4, 0.5) is 21.7 Å². The minimum absolute atomic E-state index is 0.132. The Labute approximate surface area is 172 Å². The highest BCUT2D eigenvalue weighted by Crippen LogP contribution is 2.26. The predicted octanol–water partition coefficient (Wildman–Crippen LogP) is 3.86. The van der Waals surface area contributed by atoms with Crippen LogP contribution < -0.4 is 10.6 Å². The molecule has 0 aliphatic rings. The van der Waals surface area contributed by atoms with Crippen LogP contribution in [0.1, 0.15) is 35.5 Å². The van der Waals surface area contributed by atoms with Gasteiger partial charge in [-0.15, -0.1) is 0 Å². The maximum absolute atomic E-state index is 14.7. The van der Waals surface area contributed by atoms with Crippen molar-refractivity contribution < 1.29 is 9.18 Å². The number of H-pyrrole nitrogens is 1. The predicted molar refractivity (Wildman–Crippen MR) is 113 cm³/mol. The first-order valence-corrected chi connectivity index (χ1v) is 9.59.